The molecule has 0 bridgehead atoms. The van der Waals surface area contributed by atoms with Crippen LogP contribution in [0.15, 0.2) is 43.0 Å². The molecule has 102 valence electrons. The lowest BCUT2D eigenvalue weighted by Gasteiger charge is -2.47. The van der Waals surface area contributed by atoms with E-state index in [2.05, 4.69) is 6.58 Å². The van der Waals surface area contributed by atoms with Crippen LogP contribution in [0.5, 0.6) is 5.75 Å². The molecule has 1 aliphatic heterocycles. The van der Waals surface area contributed by atoms with Gasteiger partial charge in [0.1, 0.15) is 17.9 Å². The van der Waals surface area contributed by atoms with E-state index in [-0.39, 0.29) is 5.91 Å². The summed E-state index contributed by atoms with van der Waals surface area (Å²) >= 11 is 0. The van der Waals surface area contributed by atoms with Crippen LogP contribution in [0, 0.1) is 0 Å². The molecule has 1 aromatic carbocycles. The van der Waals surface area contributed by atoms with Crippen molar-refractivity contribution in [3.8, 4) is 5.75 Å². The number of para-hydroxylation sites is 1. The third kappa shape index (κ3) is 2.62. The second kappa shape index (κ2) is 5.86. The predicted octanol–water partition coefficient (Wildman–Crippen LogP) is 0.184. The largest absolute Gasteiger partial charge is 0.478 e. The number of aliphatic hydroxyl groups excluding tert-OH is 2. The molecule has 1 amide bonds. The van der Waals surface area contributed by atoms with Gasteiger partial charge in [-0.15, -0.1) is 6.58 Å². The lowest BCUT2D eigenvalue weighted by molar-refractivity contribution is -0.173. The van der Waals surface area contributed by atoms with Crippen molar-refractivity contribution in [2.45, 2.75) is 18.2 Å². The first-order valence-electron chi connectivity index (χ1n) is 6.11. The molecule has 3 atom stereocenters. The van der Waals surface area contributed by atoms with E-state index < -0.39 is 24.9 Å². The van der Waals surface area contributed by atoms with Crippen LogP contribution in [0.4, 0.5) is 0 Å². The summed E-state index contributed by atoms with van der Waals surface area (Å²) in [6.45, 7) is 3.48. The van der Waals surface area contributed by atoms with E-state index >= 15 is 0 Å². The van der Waals surface area contributed by atoms with Crippen molar-refractivity contribution in [1.29, 1.82) is 0 Å². The molecule has 0 aromatic heterocycles. The smallest absolute Gasteiger partial charge is 0.266 e. The Balaban J connectivity index is 2.10. The topological polar surface area (TPSA) is 70.0 Å². The molecule has 2 rings (SSSR count). The summed E-state index contributed by atoms with van der Waals surface area (Å²) in [5, 5.41) is 18.8. The maximum atomic E-state index is 11.9. The van der Waals surface area contributed by atoms with Crippen LogP contribution in [0.3, 0.4) is 0 Å². The molecular formula is C14H17NO4. The van der Waals surface area contributed by atoms with Crippen molar-refractivity contribution < 1.29 is 19.7 Å². The van der Waals surface area contributed by atoms with E-state index in [1.807, 2.05) is 6.07 Å². The van der Waals surface area contributed by atoms with E-state index in [0.29, 0.717) is 12.3 Å². The number of hydrogen-bond acceptors (Lipinski definition) is 4. The third-order valence-corrected chi connectivity index (χ3v) is 3.11. The zero-order valence-electron chi connectivity index (χ0n) is 10.5. The van der Waals surface area contributed by atoms with Gasteiger partial charge in [0.25, 0.3) is 5.91 Å². The highest BCUT2D eigenvalue weighted by molar-refractivity contribution is 5.89. The molecule has 0 aliphatic carbocycles. The van der Waals surface area contributed by atoms with Crippen molar-refractivity contribution in [1.82, 2.24) is 4.90 Å². The van der Waals surface area contributed by atoms with Crippen LogP contribution in [-0.2, 0) is 4.79 Å². The minimum Gasteiger partial charge on any atom is -0.478 e. The Morgan fingerprint density at radius 1 is 1.42 bits per heavy atom. The van der Waals surface area contributed by atoms with Gasteiger partial charge in [-0.3, -0.25) is 4.79 Å². The van der Waals surface area contributed by atoms with Crippen molar-refractivity contribution in [2.75, 3.05) is 13.2 Å². The van der Waals surface area contributed by atoms with Crippen molar-refractivity contribution >= 4 is 5.91 Å². The molecule has 1 aliphatic rings. The number of β-lactam (4-membered cyclic amide) rings is 1. The summed E-state index contributed by atoms with van der Waals surface area (Å²) in [7, 11) is 0. The summed E-state index contributed by atoms with van der Waals surface area (Å²) in [5.74, 6) is 0.357. The van der Waals surface area contributed by atoms with Crippen LogP contribution >= 0.6 is 0 Å². The Kier molecular flexibility index (Phi) is 4.19. The fourth-order valence-electron chi connectivity index (χ4n) is 2.17. The van der Waals surface area contributed by atoms with Crippen molar-refractivity contribution in [3.05, 3.63) is 43.0 Å². The number of likely N-dealkylation sites (tertiary alicyclic amines) is 1. The summed E-state index contributed by atoms with van der Waals surface area (Å²) in [6, 6.07) is 8.39. The molecule has 0 unspecified atom stereocenters. The van der Waals surface area contributed by atoms with Gasteiger partial charge in [0.05, 0.1) is 6.61 Å². The molecule has 2 N–H and O–H groups in total. The molecule has 5 heteroatoms. The molecule has 19 heavy (non-hydrogen) atoms. The van der Waals surface area contributed by atoms with Crippen LogP contribution < -0.4 is 4.74 Å². The molecule has 1 aromatic rings. The van der Waals surface area contributed by atoms with Crippen LogP contribution in [0.2, 0.25) is 0 Å². The fourth-order valence-corrected chi connectivity index (χ4v) is 2.17. The Morgan fingerprint density at radius 3 is 2.68 bits per heavy atom. The summed E-state index contributed by atoms with van der Waals surface area (Å²) < 4.78 is 5.58. The van der Waals surface area contributed by atoms with E-state index in [1.165, 1.54) is 4.90 Å². The van der Waals surface area contributed by atoms with E-state index in [9.17, 15) is 9.90 Å². The monoisotopic (exact) mass is 263 g/mol. The van der Waals surface area contributed by atoms with Gasteiger partial charge in [-0.05, 0) is 12.1 Å². The number of benzene rings is 1. The van der Waals surface area contributed by atoms with Gasteiger partial charge in [0, 0.05) is 6.54 Å². The normalized spacial score (nSPS) is 23.7. The summed E-state index contributed by atoms with van der Waals surface area (Å²) in [4.78, 5) is 13.4. The Morgan fingerprint density at radius 2 is 2.11 bits per heavy atom. The second-order valence-electron chi connectivity index (χ2n) is 4.37. The summed E-state index contributed by atoms with van der Waals surface area (Å²) in [5.41, 5.74) is 0. The predicted molar refractivity (Wildman–Crippen MR) is 69.6 cm³/mol. The maximum absolute atomic E-state index is 11.9. The van der Waals surface area contributed by atoms with E-state index in [1.54, 1.807) is 30.3 Å². The number of amides is 1. The van der Waals surface area contributed by atoms with Crippen LogP contribution in [-0.4, -0.2) is 52.4 Å². The number of carbonyl (C=O) groups excluding carboxylic acids is 1. The van der Waals surface area contributed by atoms with Crippen molar-refractivity contribution in [2.24, 2.45) is 0 Å². The second-order valence-corrected chi connectivity index (χ2v) is 4.37. The first-order chi connectivity index (χ1) is 9.19. The van der Waals surface area contributed by atoms with Crippen molar-refractivity contribution in [3.63, 3.8) is 0 Å². The Labute approximate surface area is 111 Å². The van der Waals surface area contributed by atoms with Gasteiger partial charge < -0.3 is 19.8 Å². The average molecular weight is 263 g/mol. The highest BCUT2D eigenvalue weighted by Crippen LogP contribution is 2.27. The first kappa shape index (κ1) is 13.6. The number of carbonyl (C=O) groups is 1. The van der Waals surface area contributed by atoms with Crippen LogP contribution in [0.1, 0.15) is 0 Å². The van der Waals surface area contributed by atoms with Crippen LogP contribution in [0.25, 0.3) is 0 Å². The highest BCUT2D eigenvalue weighted by Gasteiger charge is 2.52. The number of nitrogens with zero attached hydrogens (tertiary/aromatic N) is 1. The molecule has 1 fully saturated rings. The maximum Gasteiger partial charge on any atom is 0.266 e. The minimum atomic E-state index is -1.02. The molecule has 5 nitrogen and oxygen atoms in total. The third-order valence-electron chi connectivity index (χ3n) is 3.11. The van der Waals surface area contributed by atoms with Gasteiger partial charge in [-0.25, -0.2) is 0 Å². The number of ether oxygens (including phenoxy) is 1. The number of rotatable bonds is 6. The molecule has 0 saturated carbocycles. The van der Waals surface area contributed by atoms with Gasteiger partial charge >= 0.3 is 0 Å². The van der Waals surface area contributed by atoms with E-state index in [4.69, 9.17) is 9.84 Å². The zero-order valence-corrected chi connectivity index (χ0v) is 10.5. The van der Waals surface area contributed by atoms with Gasteiger partial charge in [0.15, 0.2) is 6.10 Å². The average Bonchev–Trinajstić information content (AvgIpc) is 2.46. The zero-order chi connectivity index (χ0) is 13.8. The summed E-state index contributed by atoms with van der Waals surface area (Å²) in [6.07, 6.45) is -0.204. The standard InChI is InChI=1S/C14H17NO4/c1-2-8-15-12(11(17)9-16)13(14(15)18)19-10-6-4-3-5-7-10/h2-7,11-13,16-17H,1,8-9H2/t11-,12+,13-/m1/s1. The fraction of sp³-hybridized carbons (Fsp3) is 0.357. The molecule has 1 saturated heterocycles. The van der Waals surface area contributed by atoms with Gasteiger partial charge in [0.2, 0.25) is 0 Å². The lowest BCUT2D eigenvalue weighted by Crippen LogP contribution is -2.71. The van der Waals surface area contributed by atoms with Gasteiger partial charge in [-0.1, -0.05) is 24.3 Å². The van der Waals surface area contributed by atoms with E-state index in [0.717, 1.165) is 0 Å². The van der Waals surface area contributed by atoms with Gasteiger partial charge in [-0.2, -0.15) is 0 Å². The number of hydrogen-bond donors (Lipinski definition) is 2. The first-order valence-corrected chi connectivity index (χ1v) is 6.11. The Bertz CT molecular complexity index is 448. The lowest BCUT2D eigenvalue weighted by atomic mass is 9.92. The SMILES string of the molecule is C=CCN1C(=O)[C@H](Oc2ccccc2)[C@@H]1[C@H](O)CO. The molecule has 0 spiro atoms. The highest BCUT2D eigenvalue weighted by atomic mass is 16.5. The molecule has 0 radical (unpaired) electrons. The number of aliphatic hydroxyl groups is 2. The molecule has 1 heterocycles. The quantitative estimate of drug-likeness (QED) is 0.567. The Hall–Kier alpha value is -1.85. The molecular weight excluding hydrogens is 246 g/mol. The minimum absolute atomic E-state index is 0.207.